The lowest BCUT2D eigenvalue weighted by Gasteiger charge is -2.14. The summed E-state index contributed by atoms with van der Waals surface area (Å²) in [5.74, 6) is 0.665. The van der Waals surface area contributed by atoms with Gasteiger partial charge < -0.3 is 9.84 Å². The van der Waals surface area contributed by atoms with Crippen LogP contribution >= 0.6 is 38.5 Å². The van der Waals surface area contributed by atoms with Crippen LogP contribution in [0.15, 0.2) is 34.5 Å². The highest BCUT2D eigenvalue weighted by Gasteiger charge is 2.20. The average molecular weight is 381 g/mol. The van der Waals surface area contributed by atoms with Crippen molar-refractivity contribution >= 4 is 38.5 Å². The highest BCUT2D eigenvalue weighted by Crippen LogP contribution is 2.32. The minimum atomic E-state index is -0.656. The molecule has 0 radical (unpaired) electrons. The number of hydrogen-bond acceptors (Lipinski definition) is 2. The third-order valence-electron chi connectivity index (χ3n) is 2.25. The van der Waals surface area contributed by atoms with Crippen LogP contribution in [0.5, 0.6) is 0 Å². The van der Waals surface area contributed by atoms with E-state index in [1.165, 1.54) is 0 Å². The van der Waals surface area contributed by atoms with E-state index < -0.39 is 6.10 Å². The quantitative estimate of drug-likeness (QED) is 0.797. The fourth-order valence-electron chi connectivity index (χ4n) is 1.50. The average Bonchev–Trinajstić information content (AvgIpc) is 2.74. The van der Waals surface area contributed by atoms with Gasteiger partial charge in [-0.15, -0.1) is 0 Å². The van der Waals surface area contributed by atoms with Gasteiger partial charge in [0.15, 0.2) is 0 Å². The molecule has 80 valence electrons. The van der Waals surface area contributed by atoms with Crippen LogP contribution in [-0.2, 0) is 4.74 Å². The van der Waals surface area contributed by atoms with Gasteiger partial charge in [0.1, 0.15) is 11.9 Å². The lowest BCUT2D eigenvalue weighted by molar-refractivity contribution is 0.118. The van der Waals surface area contributed by atoms with Crippen LogP contribution in [0, 0.1) is 3.57 Å². The summed E-state index contributed by atoms with van der Waals surface area (Å²) in [6.45, 7) is 0.675. The predicted molar refractivity (Wildman–Crippen MR) is 70.5 cm³/mol. The highest BCUT2D eigenvalue weighted by molar-refractivity contribution is 14.1. The molecule has 0 amide bonds. The van der Waals surface area contributed by atoms with Crippen LogP contribution in [0.4, 0.5) is 0 Å². The summed E-state index contributed by atoms with van der Waals surface area (Å²) >= 11 is 5.66. The van der Waals surface area contributed by atoms with E-state index in [2.05, 4.69) is 38.5 Å². The zero-order valence-electron chi connectivity index (χ0n) is 7.91. The molecule has 15 heavy (non-hydrogen) atoms. The van der Waals surface area contributed by atoms with Crippen molar-refractivity contribution in [3.63, 3.8) is 0 Å². The summed E-state index contributed by atoms with van der Waals surface area (Å²) in [6.07, 6.45) is 2.17. The molecule has 1 atom stereocenters. The Labute approximate surface area is 111 Å². The molecule has 0 bridgehead atoms. The molecule has 0 spiro atoms. The van der Waals surface area contributed by atoms with Gasteiger partial charge in [-0.1, -0.05) is 15.9 Å². The van der Waals surface area contributed by atoms with E-state index in [1.807, 2.05) is 24.3 Å². The number of benzene rings is 1. The van der Waals surface area contributed by atoms with Crippen molar-refractivity contribution < 1.29 is 9.84 Å². The van der Waals surface area contributed by atoms with Crippen molar-refractivity contribution in [2.75, 3.05) is 6.61 Å². The third kappa shape index (κ3) is 2.54. The Morgan fingerprint density at radius 3 is 2.93 bits per heavy atom. The van der Waals surface area contributed by atoms with Crippen molar-refractivity contribution in [1.82, 2.24) is 0 Å². The van der Waals surface area contributed by atoms with E-state index >= 15 is 0 Å². The second-order valence-corrected chi connectivity index (χ2v) is 5.41. The van der Waals surface area contributed by atoms with Gasteiger partial charge in [-0.3, -0.25) is 0 Å². The van der Waals surface area contributed by atoms with E-state index in [0.29, 0.717) is 12.4 Å². The molecular weight excluding hydrogens is 371 g/mol. The Bertz CT molecular complexity index is 404. The maximum Gasteiger partial charge on any atom is 0.137 e. The van der Waals surface area contributed by atoms with Crippen molar-refractivity contribution in [3.05, 3.63) is 43.6 Å². The number of halogens is 2. The summed E-state index contributed by atoms with van der Waals surface area (Å²) in [5.41, 5.74) is 0.857. The Morgan fingerprint density at radius 2 is 2.27 bits per heavy atom. The summed E-state index contributed by atoms with van der Waals surface area (Å²) in [5, 5.41) is 10.1. The van der Waals surface area contributed by atoms with Crippen molar-refractivity contribution in [1.29, 1.82) is 0 Å². The van der Waals surface area contributed by atoms with E-state index in [1.54, 1.807) is 0 Å². The van der Waals surface area contributed by atoms with Gasteiger partial charge in [-0.2, -0.15) is 0 Å². The van der Waals surface area contributed by atoms with Gasteiger partial charge in [0.25, 0.3) is 0 Å². The molecule has 1 N–H and O–H groups in total. The standard InChI is InChI=1S/C11H10BrIO2/c12-9-4-3-7(13)6-8(9)11(14)10-2-1-5-15-10/h2-4,6,11,14H,1,5H2. The molecule has 2 rings (SSSR count). The molecule has 0 aliphatic carbocycles. The van der Waals surface area contributed by atoms with Crippen LogP contribution < -0.4 is 0 Å². The fraction of sp³-hybridized carbons (Fsp3) is 0.273. The Morgan fingerprint density at radius 1 is 1.47 bits per heavy atom. The van der Waals surface area contributed by atoms with Crippen LogP contribution in [-0.4, -0.2) is 11.7 Å². The predicted octanol–water partition coefficient (Wildman–Crippen LogP) is 3.39. The third-order valence-corrected chi connectivity index (χ3v) is 3.65. The van der Waals surface area contributed by atoms with Gasteiger partial charge in [-0.05, 0) is 46.9 Å². The molecule has 1 unspecified atom stereocenters. The van der Waals surface area contributed by atoms with E-state index in [-0.39, 0.29) is 0 Å². The lowest BCUT2D eigenvalue weighted by Crippen LogP contribution is -2.03. The number of aliphatic hydroxyl groups excluding tert-OH is 1. The van der Waals surface area contributed by atoms with E-state index in [0.717, 1.165) is 20.0 Å². The van der Waals surface area contributed by atoms with Gasteiger partial charge >= 0.3 is 0 Å². The fourth-order valence-corrected chi connectivity index (χ4v) is 2.48. The van der Waals surface area contributed by atoms with Gasteiger partial charge in [-0.25, -0.2) is 0 Å². The smallest absolute Gasteiger partial charge is 0.137 e. The monoisotopic (exact) mass is 380 g/mol. The first-order valence-electron chi connectivity index (χ1n) is 4.64. The first-order chi connectivity index (χ1) is 7.18. The van der Waals surface area contributed by atoms with Crippen LogP contribution in [0.2, 0.25) is 0 Å². The second-order valence-electron chi connectivity index (χ2n) is 3.31. The van der Waals surface area contributed by atoms with Crippen molar-refractivity contribution in [2.45, 2.75) is 12.5 Å². The maximum absolute atomic E-state index is 10.1. The van der Waals surface area contributed by atoms with Crippen molar-refractivity contribution in [2.24, 2.45) is 0 Å². The zero-order valence-corrected chi connectivity index (χ0v) is 11.7. The molecule has 0 aromatic heterocycles. The summed E-state index contributed by atoms with van der Waals surface area (Å²) in [4.78, 5) is 0. The summed E-state index contributed by atoms with van der Waals surface area (Å²) in [6, 6.07) is 5.89. The first kappa shape index (κ1) is 11.4. The van der Waals surface area contributed by atoms with E-state index in [4.69, 9.17) is 4.74 Å². The van der Waals surface area contributed by atoms with Gasteiger partial charge in [0.2, 0.25) is 0 Å². The summed E-state index contributed by atoms with van der Waals surface area (Å²) in [7, 11) is 0. The van der Waals surface area contributed by atoms with Gasteiger partial charge in [0, 0.05) is 20.0 Å². The zero-order chi connectivity index (χ0) is 10.8. The Balaban J connectivity index is 2.31. The van der Waals surface area contributed by atoms with Crippen LogP contribution in [0.3, 0.4) is 0 Å². The Kier molecular flexibility index (Phi) is 3.69. The number of rotatable bonds is 2. The van der Waals surface area contributed by atoms with Crippen molar-refractivity contribution in [3.8, 4) is 0 Å². The van der Waals surface area contributed by atoms with E-state index in [9.17, 15) is 5.11 Å². The largest absolute Gasteiger partial charge is 0.495 e. The van der Waals surface area contributed by atoms with Crippen LogP contribution in [0.25, 0.3) is 0 Å². The molecule has 1 aliphatic heterocycles. The molecular formula is C11H10BrIO2. The molecule has 1 aromatic carbocycles. The summed E-state index contributed by atoms with van der Waals surface area (Å²) < 4.78 is 7.36. The first-order valence-corrected chi connectivity index (χ1v) is 6.51. The minimum absolute atomic E-state index is 0.656. The number of hydrogen-bond donors (Lipinski definition) is 1. The molecule has 0 saturated carbocycles. The van der Waals surface area contributed by atoms with Gasteiger partial charge in [0.05, 0.1) is 6.61 Å². The second kappa shape index (κ2) is 4.84. The molecule has 0 fully saturated rings. The topological polar surface area (TPSA) is 29.5 Å². The molecule has 1 aromatic rings. The highest BCUT2D eigenvalue weighted by atomic mass is 127. The number of aliphatic hydroxyl groups is 1. The lowest BCUT2D eigenvalue weighted by atomic mass is 10.1. The molecule has 4 heteroatoms. The Hall–Kier alpha value is -0.0700. The molecule has 0 saturated heterocycles. The maximum atomic E-state index is 10.1. The normalized spacial score (nSPS) is 17.1. The minimum Gasteiger partial charge on any atom is -0.495 e. The number of ether oxygens (including phenoxy) is 1. The SMILES string of the molecule is OC(C1=CCCO1)c1cc(I)ccc1Br. The molecule has 2 nitrogen and oxygen atoms in total. The van der Waals surface area contributed by atoms with Crippen LogP contribution in [0.1, 0.15) is 18.1 Å². The molecule has 1 heterocycles. The molecule has 1 aliphatic rings.